The van der Waals surface area contributed by atoms with Crippen molar-refractivity contribution in [1.29, 1.82) is 0 Å². The summed E-state index contributed by atoms with van der Waals surface area (Å²) in [4.78, 5) is 45.0. The third-order valence-corrected chi connectivity index (χ3v) is 4.16. The van der Waals surface area contributed by atoms with E-state index in [4.69, 9.17) is 19.3 Å². The largest absolute Gasteiger partial charge is 0.476 e. The molecule has 0 saturated carbocycles. The van der Waals surface area contributed by atoms with Crippen molar-refractivity contribution >= 4 is 57.2 Å². The Hall–Kier alpha value is -3.40. The Morgan fingerprint density at radius 3 is 1.62 bits per heavy atom. The zero-order chi connectivity index (χ0) is 26.1. The van der Waals surface area contributed by atoms with Crippen molar-refractivity contribution in [2.45, 2.75) is 59.7 Å². The normalized spacial score (nSPS) is 10.9. The number of aromatic nitrogens is 4. The molecule has 2 aromatic heterocycles. The van der Waals surface area contributed by atoms with E-state index in [0.29, 0.717) is 0 Å². The molecule has 0 aliphatic heterocycles. The molecule has 0 spiro atoms. The van der Waals surface area contributed by atoms with Gasteiger partial charge in [0.05, 0.1) is 6.61 Å². The Morgan fingerprint density at radius 1 is 0.824 bits per heavy atom. The number of hydrogen-bond donors (Lipinski definition) is 3. The molecule has 0 atom stereocenters. The lowest BCUT2D eigenvalue weighted by molar-refractivity contribution is 0.0519. The molecule has 0 bridgehead atoms. The quantitative estimate of drug-likeness (QED) is 0.385. The van der Waals surface area contributed by atoms with Gasteiger partial charge in [0.1, 0.15) is 11.2 Å². The highest BCUT2D eigenvalue weighted by atomic mass is 32.1. The molecule has 0 radical (unpaired) electrons. The predicted octanol–water partition coefficient (Wildman–Crippen LogP) is 3.65. The first-order chi connectivity index (χ1) is 15.6. The first-order valence-electron chi connectivity index (χ1n) is 9.68. The number of carbonyl (C=O) groups excluding carboxylic acids is 3. The molecule has 0 saturated heterocycles. The summed E-state index contributed by atoms with van der Waals surface area (Å²) in [5.41, 5.74) is -1.58. The molecule has 14 nitrogen and oxygen atoms in total. The van der Waals surface area contributed by atoms with Gasteiger partial charge in [0.15, 0.2) is 10.0 Å². The van der Waals surface area contributed by atoms with Gasteiger partial charge in [-0.25, -0.2) is 19.2 Å². The highest BCUT2D eigenvalue weighted by Crippen LogP contribution is 2.20. The summed E-state index contributed by atoms with van der Waals surface area (Å²) >= 11 is 1.66. The molecule has 0 aromatic carbocycles. The van der Waals surface area contributed by atoms with Gasteiger partial charge < -0.3 is 19.3 Å². The SMILES string of the molecule is CC(C)(C)OC(=O)Nc1snnc1C(=O)O.CCOC(=O)c1nnsc1NC(=O)OC(C)(C)C. The lowest BCUT2D eigenvalue weighted by Gasteiger charge is -2.19. The molecule has 3 N–H and O–H groups in total. The number of anilines is 2. The number of amides is 2. The van der Waals surface area contributed by atoms with Gasteiger partial charge in [0.25, 0.3) is 0 Å². The van der Waals surface area contributed by atoms with Crippen LogP contribution >= 0.6 is 23.1 Å². The van der Waals surface area contributed by atoms with E-state index in [1.807, 2.05) is 0 Å². The van der Waals surface area contributed by atoms with E-state index < -0.39 is 35.3 Å². The van der Waals surface area contributed by atoms with Crippen molar-refractivity contribution < 1.29 is 38.5 Å². The van der Waals surface area contributed by atoms with Crippen LogP contribution in [0, 0.1) is 0 Å². The number of ether oxygens (including phenoxy) is 3. The van der Waals surface area contributed by atoms with E-state index >= 15 is 0 Å². The second-order valence-electron chi connectivity index (χ2n) is 8.18. The summed E-state index contributed by atoms with van der Waals surface area (Å²) in [6.45, 7) is 12.2. The molecule has 34 heavy (non-hydrogen) atoms. The maximum absolute atomic E-state index is 11.5. The second-order valence-corrected chi connectivity index (χ2v) is 9.69. The maximum Gasteiger partial charge on any atom is 0.412 e. The topological polar surface area (TPSA) is 192 Å². The van der Waals surface area contributed by atoms with E-state index in [0.717, 1.165) is 23.1 Å². The monoisotopic (exact) mass is 518 g/mol. The molecule has 2 amide bonds. The number of hydrogen-bond acceptors (Lipinski definition) is 13. The average molecular weight is 519 g/mol. The smallest absolute Gasteiger partial charge is 0.412 e. The van der Waals surface area contributed by atoms with Crippen LogP contribution in [-0.4, -0.2) is 66.2 Å². The molecular formula is C18H26N6O8S2. The number of aromatic carboxylic acids is 1. The maximum atomic E-state index is 11.5. The fourth-order valence-electron chi connectivity index (χ4n) is 1.81. The van der Waals surface area contributed by atoms with Crippen LogP contribution in [0.3, 0.4) is 0 Å². The van der Waals surface area contributed by atoms with Gasteiger partial charge in [-0.05, 0) is 48.5 Å². The number of carboxylic acids is 1. The molecule has 2 rings (SSSR count). The molecule has 0 aliphatic carbocycles. The van der Waals surface area contributed by atoms with Gasteiger partial charge in [0.2, 0.25) is 11.4 Å². The third kappa shape index (κ3) is 10.5. The lowest BCUT2D eigenvalue weighted by atomic mass is 10.2. The fraction of sp³-hybridized carbons (Fsp3) is 0.556. The molecule has 2 heterocycles. The summed E-state index contributed by atoms with van der Waals surface area (Å²) in [6, 6.07) is 0. The third-order valence-electron chi connectivity index (χ3n) is 2.88. The number of carboxylic acid groups (broad SMARTS) is 1. The average Bonchev–Trinajstić information content (AvgIpc) is 3.28. The van der Waals surface area contributed by atoms with Crippen molar-refractivity contribution in [1.82, 2.24) is 19.2 Å². The van der Waals surface area contributed by atoms with E-state index in [-0.39, 0.29) is 28.0 Å². The second kappa shape index (κ2) is 12.2. The molecule has 0 fully saturated rings. The molecule has 16 heteroatoms. The van der Waals surface area contributed by atoms with Crippen LogP contribution in [0.15, 0.2) is 0 Å². The Kier molecular flexibility index (Phi) is 10.3. The van der Waals surface area contributed by atoms with Crippen molar-refractivity contribution in [3.8, 4) is 0 Å². The Morgan fingerprint density at radius 2 is 1.24 bits per heavy atom. The zero-order valence-electron chi connectivity index (χ0n) is 19.6. The van der Waals surface area contributed by atoms with Gasteiger partial charge in [-0.2, -0.15) is 0 Å². The van der Waals surface area contributed by atoms with Crippen LogP contribution in [0.5, 0.6) is 0 Å². The summed E-state index contributed by atoms with van der Waals surface area (Å²) in [6.07, 6.45) is -1.40. The minimum atomic E-state index is -1.25. The van der Waals surface area contributed by atoms with E-state index in [1.165, 1.54) is 0 Å². The van der Waals surface area contributed by atoms with Crippen LogP contribution < -0.4 is 10.6 Å². The van der Waals surface area contributed by atoms with Crippen molar-refractivity contribution in [2.75, 3.05) is 17.2 Å². The number of esters is 1. The van der Waals surface area contributed by atoms with Gasteiger partial charge in [-0.15, -0.1) is 10.2 Å². The fourth-order valence-corrected chi connectivity index (χ4v) is 2.90. The summed E-state index contributed by atoms with van der Waals surface area (Å²) < 4.78 is 21.8. The van der Waals surface area contributed by atoms with Gasteiger partial charge in [-0.1, -0.05) is 8.98 Å². The molecule has 0 aliphatic rings. The molecule has 0 unspecified atom stereocenters. The van der Waals surface area contributed by atoms with E-state index in [9.17, 15) is 19.2 Å². The number of rotatable bonds is 5. The first kappa shape index (κ1) is 28.6. The highest BCUT2D eigenvalue weighted by Gasteiger charge is 2.23. The van der Waals surface area contributed by atoms with Crippen LogP contribution in [0.1, 0.15) is 69.4 Å². The summed E-state index contributed by atoms with van der Waals surface area (Å²) in [5.74, 6) is -1.88. The van der Waals surface area contributed by atoms with E-state index in [1.54, 1.807) is 48.5 Å². The Labute approximate surface area is 203 Å². The standard InChI is InChI=1S/C10H15N3O4S.C8H11N3O4S/c1-5-16-8(14)6-7(18-13-12-6)11-9(15)17-10(2,3)4;1-8(2,3)15-7(14)9-5-4(6(12)13)10-11-16-5/h5H2,1-4H3,(H,11,15);1-3H3,(H,9,14)(H,12,13). The Balaban J connectivity index is 0.000000342. The predicted molar refractivity (Wildman–Crippen MR) is 122 cm³/mol. The van der Waals surface area contributed by atoms with Crippen LogP contribution in [0.2, 0.25) is 0 Å². The minimum absolute atomic E-state index is 0.0206. The van der Waals surface area contributed by atoms with Gasteiger partial charge >= 0.3 is 24.1 Å². The van der Waals surface area contributed by atoms with Gasteiger partial charge in [-0.3, -0.25) is 10.6 Å². The number of nitrogens with one attached hydrogen (secondary N) is 2. The van der Waals surface area contributed by atoms with Gasteiger partial charge in [0, 0.05) is 23.1 Å². The van der Waals surface area contributed by atoms with Crippen molar-refractivity contribution in [3.05, 3.63) is 11.4 Å². The molecule has 2 aromatic rings. The van der Waals surface area contributed by atoms with Crippen LogP contribution in [-0.2, 0) is 14.2 Å². The van der Waals surface area contributed by atoms with Crippen molar-refractivity contribution in [2.24, 2.45) is 0 Å². The first-order valence-corrected chi connectivity index (χ1v) is 11.2. The Bertz CT molecular complexity index is 1010. The molecular weight excluding hydrogens is 492 g/mol. The van der Waals surface area contributed by atoms with E-state index in [2.05, 4.69) is 29.8 Å². The summed E-state index contributed by atoms with van der Waals surface area (Å²) in [5, 5.41) is 20.6. The number of nitrogens with zero attached hydrogens (tertiary/aromatic N) is 4. The minimum Gasteiger partial charge on any atom is -0.476 e. The highest BCUT2D eigenvalue weighted by molar-refractivity contribution is 7.10. The zero-order valence-corrected chi connectivity index (χ0v) is 21.3. The van der Waals surface area contributed by atoms with Crippen LogP contribution in [0.25, 0.3) is 0 Å². The summed E-state index contributed by atoms with van der Waals surface area (Å²) in [7, 11) is 0. The van der Waals surface area contributed by atoms with Crippen molar-refractivity contribution in [3.63, 3.8) is 0 Å². The molecule has 188 valence electrons. The lowest BCUT2D eigenvalue weighted by Crippen LogP contribution is -2.27. The van der Waals surface area contributed by atoms with Crippen LogP contribution in [0.4, 0.5) is 19.6 Å². The number of carbonyl (C=O) groups is 4.